The van der Waals surface area contributed by atoms with Gasteiger partial charge in [-0.15, -0.1) is 0 Å². The molecule has 1 N–H and O–H groups in total. The Morgan fingerprint density at radius 1 is 0.923 bits per heavy atom. The molecular formula is C8H19OPS3. The van der Waals surface area contributed by atoms with Gasteiger partial charge in [0, 0.05) is 9.49 Å². The maximum absolute atomic E-state index is 10.0. The van der Waals surface area contributed by atoms with Crippen LogP contribution in [0.4, 0.5) is 0 Å². The lowest BCUT2D eigenvalue weighted by Gasteiger charge is -2.28. The van der Waals surface area contributed by atoms with Crippen LogP contribution in [0, 0.1) is 0 Å². The smallest absolute Gasteiger partial charge is 0.173 e. The first-order valence-electron chi connectivity index (χ1n) is 4.16. The summed E-state index contributed by atoms with van der Waals surface area (Å²) in [6.07, 6.45) is 0. The average Bonchev–Trinajstić information content (AvgIpc) is 1.43. The molecule has 0 atom stereocenters. The van der Waals surface area contributed by atoms with Crippen molar-refractivity contribution in [3.63, 3.8) is 0 Å². The third-order valence-electron chi connectivity index (χ3n) is 0.778. The molecule has 0 aromatic rings. The van der Waals surface area contributed by atoms with Crippen LogP contribution in [-0.4, -0.2) is 14.4 Å². The number of hydrogen-bond acceptors (Lipinski definition) is 3. The van der Waals surface area contributed by atoms with Crippen molar-refractivity contribution in [3.05, 3.63) is 0 Å². The molecule has 0 saturated heterocycles. The molecule has 0 spiro atoms. The first kappa shape index (κ1) is 14.3. The van der Waals surface area contributed by atoms with Crippen LogP contribution in [0.3, 0.4) is 0 Å². The summed E-state index contributed by atoms with van der Waals surface area (Å²) in [7, 11) is 0. The van der Waals surface area contributed by atoms with E-state index in [2.05, 4.69) is 41.5 Å². The molecule has 0 aliphatic carbocycles. The van der Waals surface area contributed by atoms with Crippen LogP contribution in [-0.2, 0) is 11.8 Å². The molecule has 0 saturated carbocycles. The third kappa shape index (κ3) is 9.61. The molecule has 5 heteroatoms. The molecule has 0 fully saturated rings. The molecule has 80 valence electrons. The van der Waals surface area contributed by atoms with Gasteiger partial charge in [-0.1, -0.05) is 64.3 Å². The molecule has 0 aliphatic heterocycles. The minimum Gasteiger partial charge on any atom is -0.350 e. The van der Waals surface area contributed by atoms with E-state index < -0.39 is 4.67 Å². The van der Waals surface area contributed by atoms with Crippen molar-refractivity contribution >= 4 is 39.2 Å². The summed E-state index contributed by atoms with van der Waals surface area (Å²) < 4.78 is -2.18. The molecule has 0 heterocycles. The molecule has 0 unspecified atom stereocenters. The monoisotopic (exact) mass is 258 g/mol. The van der Waals surface area contributed by atoms with E-state index in [1.165, 1.54) is 22.8 Å². The maximum atomic E-state index is 10.0. The van der Waals surface area contributed by atoms with E-state index in [9.17, 15) is 4.89 Å². The highest BCUT2D eigenvalue weighted by atomic mass is 33.2. The largest absolute Gasteiger partial charge is 0.350 e. The maximum Gasteiger partial charge on any atom is 0.173 e. The normalized spacial score (nSPS) is 14.7. The minimum atomic E-state index is -2.27. The van der Waals surface area contributed by atoms with Crippen molar-refractivity contribution in [3.8, 4) is 0 Å². The van der Waals surface area contributed by atoms with Crippen LogP contribution in [0.15, 0.2) is 0 Å². The van der Waals surface area contributed by atoms with Crippen LogP contribution >= 0.6 is 27.4 Å². The van der Waals surface area contributed by atoms with Crippen LogP contribution in [0.5, 0.6) is 0 Å². The molecule has 13 heavy (non-hydrogen) atoms. The van der Waals surface area contributed by atoms with Gasteiger partial charge < -0.3 is 4.89 Å². The van der Waals surface area contributed by atoms with Crippen molar-refractivity contribution in [2.24, 2.45) is 0 Å². The van der Waals surface area contributed by atoms with Gasteiger partial charge in [0.15, 0.2) is 4.67 Å². The summed E-state index contributed by atoms with van der Waals surface area (Å²) in [4.78, 5) is 10.0. The van der Waals surface area contributed by atoms with E-state index in [4.69, 9.17) is 11.8 Å². The standard InChI is InChI=1S/C8H19OPS3/c1-7(2,3)12-10(9,11)13-8(4,5)6/h1-6H3,(H,9,11). The van der Waals surface area contributed by atoms with E-state index in [0.29, 0.717) is 0 Å². The van der Waals surface area contributed by atoms with Crippen molar-refractivity contribution in [1.82, 2.24) is 0 Å². The first-order chi connectivity index (χ1) is 5.41. The van der Waals surface area contributed by atoms with Gasteiger partial charge in [0.2, 0.25) is 0 Å². The number of hydrogen-bond donors (Lipinski definition) is 1. The van der Waals surface area contributed by atoms with Crippen molar-refractivity contribution in [2.45, 2.75) is 51.0 Å². The first-order valence-corrected chi connectivity index (χ1v) is 9.75. The van der Waals surface area contributed by atoms with E-state index in [1.54, 1.807) is 0 Å². The zero-order valence-corrected chi connectivity index (χ0v) is 12.5. The Morgan fingerprint density at radius 2 is 1.15 bits per heavy atom. The van der Waals surface area contributed by atoms with E-state index in [-0.39, 0.29) is 9.49 Å². The second-order valence-electron chi connectivity index (χ2n) is 4.88. The van der Waals surface area contributed by atoms with Crippen molar-refractivity contribution in [1.29, 1.82) is 0 Å². The zero-order chi connectivity index (χ0) is 10.9. The molecule has 0 aliphatic rings. The molecule has 0 bridgehead atoms. The van der Waals surface area contributed by atoms with Gasteiger partial charge in [0.05, 0.1) is 0 Å². The Balaban J connectivity index is 4.35. The average molecular weight is 258 g/mol. The Kier molecular flexibility index (Phi) is 4.89. The predicted octanol–water partition coefficient (Wildman–Crippen LogP) is 4.27. The van der Waals surface area contributed by atoms with Gasteiger partial charge in [-0.2, -0.15) is 0 Å². The van der Waals surface area contributed by atoms with E-state index >= 15 is 0 Å². The SMILES string of the molecule is CC(C)(C)SP(O)(=S)SC(C)(C)C. The van der Waals surface area contributed by atoms with Gasteiger partial charge in [0.1, 0.15) is 0 Å². The second kappa shape index (κ2) is 4.44. The third-order valence-corrected chi connectivity index (χ3v) is 9.69. The molecule has 0 radical (unpaired) electrons. The Morgan fingerprint density at radius 3 is 1.31 bits per heavy atom. The highest BCUT2D eigenvalue weighted by molar-refractivity contribution is 8.99. The van der Waals surface area contributed by atoms with Crippen LogP contribution in [0.25, 0.3) is 0 Å². The summed E-state index contributed by atoms with van der Waals surface area (Å²) >= 11 is 8.29. The lowest BCUT2D eigenvalue weighted by atomic mass is 10.3. The molecule has 0 aromatic carbocycles. The topological polar surface area (TPSA) is 20.2 Å². The van der Waals surface area contributed by atoms with E-state index in [0.717, 1.165) is 0 Å². The lowest BCUT2D eigenvalue weighted by molar-refractivity contribution is 0.651. The fourth-order valence-corrected chi connectivity index (χ4v) is 14.8. The fourth-order valence-electron chi connectivity index (χ4n) is 0.711. The van der Waals surface area contributed by atoms with Crippen LogP contribution < -0.4 is 0 Å². The van der Waals surface area contributed by atoms with Crippen molar-refractivity contribution < 1.29 is 4.89 Å². The predicted molar refractivity (Wildman–Crippen MR) is 71.2 cm³/mol. The molecular weight excluding hydrogens is 239 g/mol. The summed E-state index contributed by atoms with van der Waals surface area (Å²) in [5.41, 5.74) is 0. The lowest BCUT2D eigenvalue weighted by Crippen LogP contribution is -2.09. The molecule has 0 amide bonds. The van der Waals surface area contributed by atoms with Gasteiger partial charge in [0.25, 0.3) is 0 Å². The molecule has 1 nitrogen and oxygen atoms in total. The van der Waals surface area contributed by atoms with Crippen molar-refractivity contribution in [2.75, 3.05) is 0 Å². The van der Waals surface area contributed by atoms with Gasteiger partial charge in [-0.3, -0.25) is 0 Å². The van der Waals surface area contributed by atoms with E-state index in [1.807, 2.05) is 0 Å². The number of rotatable bonds is 2. The van der Waals surface area contributed by atoms with Gasteiger partial charge in [-0.25, -0.2) is 0 Å². The minimum absolute atomic E-state index is 0.0442. The van der Waals surface area contributed by atoms with Crippen LogP contribution in [0.2, 0.25) is 0 Å². The molecule has 0 rings (SSSR count). The quantitative estimate of drug-likeness (QED) is 0.746. The summed E-state index contributed by atoms with van der Waals surface area (Å²) in [6.45, 7) is 12.5. The zero-order valence-electron chi connectivity index (χ0n) is 9.12. The Bertz CT molecular complexity index is 194. The fraction of sp³-hybridized carbons (Fsp3) is 1.00. The van der Waals surface area contributed by atoms with Crippen LogP contribution in [0.1, 0.15) is 41.5 Å². The molecule has 0 aromatic heterocycles. The summed E-state index contributed by atoms with van der Waals surface area (Å²) in [6, 6.07) is 0. The summed E-state index contributed by atoms with van der Waals surface area (Å²) in [5.74, 6) is 0. The second-order valence-corrected chi connectivity index (χ2v) is 16.6. The summed E-state index contributed by atoms with van der Waals surface area (Å²) in [5, 5.41) is 0. The Labute approximate surface area is 95.0 Å². The highest BCUT2D eigenvalue weighted by Crippen LogP contribution is 2.72. The van der Waals surface area contributed by atoms with Gasteiger partial charge in [-0.05, 0) is 11.8 Å². The highest BCUT2D eigenvalue weighted by Gasteiger charge is 2.28. The van der Waals surface area contributed by atoms with Gasteiger partial charge >= 0.3 is 0 Å². The Hall–Kier alpha value is 1.31.